The lowest BCUT2D eigenvalue weighted by atomic mass is 9.76. The van der Waals surface area contributed by atoms with E-state index < -0.39 is 6.10 Å². The summed E-state index contributed by atoms with van der Waals surface area (Å²) in [4.78, 5) is 18.6. The smallest absolute Gasteiger partial charge is 0.159 e. The number of hydrogen-bond acceptors (Lipinski definition) is 5. The number of aliphatic hydroxyl groups excluding tert-OH is 1. The van der Waals surface area contributed by atoms with E-state index in [1.165, 1.54) is 22.4 Å². The molecule has 2 aromatic carbocycles. The van der Waals surface area contributed by atoms with Gasteiger partial charge in [0, 0.05) is 29.2 Å². The van der Waals surface area contributed by atoms with Crippen molar-refractivity contribution in [1.29, 1.82) is 0 Å². The van der Waals surface area contributed by atoms with Crippen LogP contribution in [0.15, 0.2) is 60.8 Å². The Labute approximate surface area is 218 Å². The summed E-state index contributed by atoms with van der Waals surface area (Å²) in [5.41, 5.74) is 5.95. The van der Waals surface area contributed by atoms with Gasteiger partial charge in [-0.3, -0.25) is 9.78 Å². The van der Waals surface area contributed by atoms with Gasteiger partial charge in [0.2, 0.25) is 0 Å². The highest BCUT2D eigenvalue weighted by Gasteiger charge is 2.34. The van der Waals surface area contributed by atoms with Crippen molar-refractivity contribution in [1.82, 2.24) is 9.88 Å². The number of ketones is 1. The molecule has 2 unspecified atom stereocenters. The van der Waals surface area contributed by atoms with Crippen molar-refractivity contribution in [2.45, 2.75) is 44.6 Å². The van der Waals surface area contributed by atoms with Crippen LogP contribution in [-0.2, 0) is 12.8 Å². The number of carbonyl (C=O) groups excluding carboxylic acids is 1. The molecule has 2 aliphatic rings. The number of aryl methyl sites for hydroxylation is 2. The molecule has 5 rings (SSSR count). The molecule has 0 bridgehead atoms. The number of aliphatic hydroxyl groups is 1. The molecule has 0 spiro atoms. The number of piperidine rings is 1. The summed E-state index contributed by atoms with van der Waals surface area (Å²) < 4.78 is 5.75. The van der Waals surface area contributed by atoms with E-state index in [2.05, 4.69) is 23.1 Å². The Kier molecular flexibility index (Phi) is 7.70. The number of aromatic nitrogens is 1. The Morgan fingerprint density at radius 3 is 2.61 bits per heavy atom. The van der Waals surface area contributed by atoms with Crippen molar-refractivity contribution in [3.05, 3.63) is 93.8 Å². The summed E-state index contributed by atoms with van der Waals surface area (Å²) >= 11 is 6.36. The Morgan fingerprint density at radius 2 is 1.86 bits per heavy atom. The highest BCUT2D eigenvalue weighted by Crippen LogP contribution is 2.42. The maximum absolute atomic E-state index is 11.4. The predicted octanol–water partition coefficient (Wildman–Crippen LogP) is 5.32. The molecule has 1 fully saturated rings. The predicted molar refractivity (Wildman–Crippen MR) is 142 cm³/mol. The van der Waals surface area contributed by atoms with E-state index in [1.807, 2.05) is 18.3 Å². The van der Waals surface area contributed by atoms with E-state index in [-0.39, 0.29) is 18.3 Å². The van der Waals surface area contributed by atoms with Crippen LogP contribution in [0.1, 0.15) is 58.4 Å². The van der Waals surface area contributed by atoms with Gasteiger partial charge in [-0.2, -0.15) is 0 Å². The average Bonchev–Trinajstić information content (AvgIpc) is 3.05. The molecule has 2 atom stereocenters. The van der Waals surface area contributed by atoms with E-state index >= 15 is 0 Å². The summed E-state index contributed by atoms with van der Waals surface area (Å²) in [5.74, 6) is 1.47. The number of Topliss-reactive ketones (excluding diaryl/α,β-unsaturated/α-hetero) is 1. The van der Waals surface area contributed by atoms with Crippen molar-refractivity contribution < 1.29 is 14.6 Å². The van der Waals surface area contributed by atoms with Crippen molar-refractivity contribution >= 4 is 17.4 Å². The number of benzene rings is 2. The molecular formula is C30H33ClN2O3. The number of likely N-dealkylation sites (tertiary alicyclic amines) is 1. The summed E-state index contributed by atoms with van der Waals surface area (Å²) in [5, 5.41) is 11.4. The van der Waals surface area contributed by atoms with Gasteiger partial charge in [0.05, 0.1) is 5.69 Å². The maximum Gasteiger partial charge on any atom is 0.159 e. The summed E-state index contributed by atoms with van der Waals surface area (Å²) in [7, 11) is 0. The Hall–Kier alpha value is -2.73. The van der Waals surface area contributed by atoms with Crippen LogP contribution < -0.4 is 4.74 Å². The van der Waals surface area contributed by atoms with E-state index in [9.17, 15) is 9.90 Å². The van der Waals surface area contributed by atoms with Crippen LogP contribution >= 0.6 is 11.6 Å². The molecule has 1 saturated heterocycles. The molecule has 0 saturated carbocycles. The van der Waals surface area contributed by atoms with Gasteiger partial charge < -0.3 is 14.7 Å². The molecule has 5 nitrogen and oxygen atoms in total. The Bertz CT molecular complexity index is 1210. The lowest BCUT2D eigenvalue weighted by molar-refractivity contribution is 0.0536. The minimum absolute atomic E-state index is 0.0281. The Morgan fingerprint density at radius 1 is 1.11 bits per heavy atom. The first kappa shape index (κ1) is 24.9. The molecule has 0 radical (unpaired) electrons. The first-order valence-corrected chi connectivity index (χ1v) is 13.2. The second-order valence-electron chi connectivity index (χ2n) is 10.1. The third-order valence-electron chi connectivity index (χ3n) is 7.60. The SMILES string of the molecule is CC(=O)c1ccc(OCC(O)CN2CCC(C3c4ccc(Cl)cc4CCc4cccnc43)CC2)cc1. The van der Waals surface area contributed by atoms with Gasteiger partial charge in [-0.1, -0.05) is 23.7 Å². The zero-order valence-corrected chi connectivity index (χ0v) is 21.5. The van der Waals surface area contributed by atoms with Crippen LogP contribution in [0.25, 0.3) is 0 Å². The van der Waals surface area contributed by atoms with Gasteiger partial charge in [-0.25, -0.2) is 0 Å². The fourth-order valence-electron chi connectivity index (χ4n) is 5.73. The number of β-amino-alcohol motifs (C(OH)–C–C–N with tert-alkyl or cyclic N) is 1. The van der Waals surface area contributed by atoms with E-state index in [4.69, 9.17) is 21.3 Å². The first-order chi connectivity index (χ1) is 17.5. The lowest BCUT2D eigenvalue weighted by Gasteiger charge is -2.37. The van der Waals surface area contributed by atoms with Gasteiger partial charge in [-0.15, -0.1) is 0 Å². The van der Waals surface area contributed by atoms with Crippen LogP contribution in [0.3, 0.4) is 0 Å². The molecule has 1 aromatic heterocycles. The number of fused-ring (bicyclic) bond motifs is 2. The number of rotatable bonds is 7. The highest BCUT2D eigenvalue weighted by atomic mass is 35.5. The van der Waals surface area contributed by atoms with Crippen LogP contribution in [0, 0.1) is 5.92 Å². The van der Waals surface area contributed by atoms with Crippen LogP contribution in [0.5, 0.6) is 5.75 Å². The molecule has 188 valence electrons. The normalized spacial score (nSPS) is 19.1. The van der Waals surface area contributed by atoms with Crippen LogP contribution in [0.4, 0.5) is 0 Å². The molecule has 1 aliphatic heterocycles. The highest BCUT2D eigenvalue weighted by molar-refractivity contribution is 6.30. The van der Waals surface area contributed by atoms with Crippen LogP contribution in [0.2, 0.25) is 5.02 Å². The standard InChI is InChI=1S/C30H33ClN2O3/c1-20(34)21-6-9-27(10-7-21)36-19-26(35)18-33-15-12-22(13-16-33)29-28-11-8-25(31)17-24(28)5-4-23-3-2-14-32-30(23)29/h2-3,6-11,14,17,22,26,29,35H,4-5,12-13,15-16,18-19H2,1H3. The number of pyridine rings is 1. The molecule has 2 heterocycles. The number of carbonyl (C=O) groups is 1. The lowest BCUT2D eigenvalue weighted by Crippen LogP contribution is -2.41. The van der Waals surface area contributed by atoms with Gasteiger partial charge in [-0.05, 0) is 111 Å². The quantitative estimate of drug-likeness (QED) is 0.441. The van der Waals surface area contributed by atoms with Crippen molar-refractivity contribution in [2.24, 2.45) is 5.92 Å². The third-order valence-corrected chi connectivity index (χ3v) is 7.84. The van der Waals surface area contributed by atoms with Gasteiger partial charge in [0.15, 0.2) is 5.78 Å². The van der Waals surface area contributed by atoms with E-state index in [0.717, 1.165) is 43.8 Å². The first-order valence-electron chi connectivity index (χ1n) is 12.8. The molecule has 1 N–H and O–H groups in total. The zero-order valence-electron chi connectivity index (χ0n) is 20.7. The molecule has 6 heteroatoms. The monoisotopic (exact) mass is 504 g/mol. The fraction of sp³-hybridized carbons (Fsp3) is 0.400. The number of halogens is 1. The van der Waals surface area contributed by atoms with Crippen LogP contribution in [-0.4, -0.2) is 53.1 Å². The number of nitrogens with zero attached hydrogens (tertiary/aromatic N) is 2. The summed E-state index contributed by atoms with van der Waals surface area (Å²) in [6.45, 7) is 4.24. The van der Waals surface area contributed by atoms with Crippen molar-refractivity contribution in [3.63, 3.8) is 0 Å². The fourth-order valence-corrected chi connectivity index (χ4v) is 5.92. The molecule has 1 aliphatic carbocycles. The third kappa shape index (κ3) is 5.64. The zero-order chi connectivity index (χ0) is 25.1. The minimum Gasteiger partial charge on any atom is -0.491 e. The maximum atomic E-state index is 11.4. The Balaban J connectivity index is 1.20. The van der Waals surface area contributed by atoms with E-state index in [0.29, 0.717) is 23.8 Å². The van der Waals surface area contributed by atoms with Crippen molar-refractivity contribution in [2.75, 3.05) is 26.2 Å². The summed E-state index contributed by atoms with van der Waals surface area (Å²) in [6.07, 6.45) is 5.46. The molecular weight excluding hydrogens is 472 g/mol. The number of hydrogen-bond donors (Lipinski definition) is 1. The second kappa shape index (κ2) is 11.1. The van der Waals surface area contributed by atoms with E-state index in [1.54, 1.807) is 31.2 Å². The summed E-state index contributed by atoms with van der Waals surface area (Å²) in [6, 6.07) is 17.7. The van der Waals surface area contributed by atoms with Crippen molar-refractivity contribution in [3.8, 4) is 5.75 Å². The van der Waals surface area contributed by atoms with Gasteiger partial charge in [0.1, 0.15) is 18.5 Å². The van der Waals surface area contributed by atoms with Gasteiger partial charge >= 0.3 is 0 Å². The molecule has 0 amide bonds. The largest absolute Gasteiger partial charge is 0.491 e. The average molecular weight is 505 g/mol. The topological polar surface area (TPSA) is 62.7 Å². The molecule has 3 aromatic rings. The minimum atomic E-state index is -0.572. The molecule has 36 heavy (non-hydrogen) atoms. The number of ether oxygens (including phenoxy) is 1. The van der Waals surface area contributed by atoms with Gasteiger partial charge in [0.25, 0.3) is 0 Å². The second-order valence-corrected chi connectivity index (χ2v) is 10.5.